The van der Waals surface area contributed by atoms with E-state index in [0.29, 0.717) is 32.2 Å². The van der Waals surface area contributed by atoms with Crippen molar-refractivity contribution < 1.29 is 29.1 Å². The third-order valence-corrected chi connectivity index (χ3v) is 9.38. The highest BCUT2D eigenvalue weighted by Gasteiger charge is 2.40. The van der Waals surface area contributed by atoms with E-state index in [1.807, 2.05) is 44.3 Å². The lowest BCUT2D eigenvalue weighted by atomic mass is 9.93. The molecule has 11 nitrogen and oxygen atoms in total. The molecule has 0 aliphatic carbocycles. The predicted octanol–water partition coefficient (Wildman–Crippen LogP) is 2.86. The summed E-state index contributed by atoms with van der Waals surface area (Å²) >= 11 is 0. The van der Waals surface area contributed by atoms with E-state index < -0.39 is 36.0 Å². The van der Waals surface area contributed by atoms with Gasteiger partial charge in [0.15, 0.2) is 0 Å². The molecule has 1 unspecified atom stereocenters. The molecule has 0 saturated carbocycles. The van der Waals surface area contributed by atoms with Gasteiger partial charge in [-0.1, -0.05) is 64.2 Å². The van der Waals surface area contributed by atoms with Gasteiger partial charge in [-0.25, -0.2) is 0 Å². The van der Waals surface area contributed by atoms with Gasteiger partial charge >= 0.3 is 0 Å². The Morgan fingerprint density at radius 1 is 0.933 bits per heavy atom. The van der Waals surface area contributed by atoms with Crippen LogP contribution < -0.4 is 20.8 Å². The number of fused-ring (bicyclic) bond motifs is 2. The molecule has 248 valence electrons. The van der Waals surface area contributed by atoms with Crippen molar-refractivity contribution in [1.82, 2.24) is 25.6 Å². The van der Waals surface area contributed by atoms with Gasteiger partial charge in [0.2, 0.25) is 23.6 Å². The lowest BCUT2D eigenvalue weighted by Gasteiger charge is -2.39. The van der Waals surface area contributed by atoms with Crippen LogP contribution in [0.2, 0.25) is 0 Å². The molecule has 4 rings (SSSR count). The van der Waals surface area contributed by atoms with Crippen molar-refractivity contribution in [2.24, 2.45) is 5.92 Å². The van der Waals surface area contributed by atoms with Crippen LogP contribution in [-0.4, -0.2) is 82.3 Å². The summed E-state index contributed by atoms with van der Waals surface area (Å²) in [7, 11) is 1.56. The molecule has 2 aromatic rings. The molecule has 1 aromatic carbocycles. The fraction of sp³-hybridized carbons (Fsp3) is 0.647. The fourth-order valence-corrected chi connectivity index (χ4v) is 6.50. The van der Waals surface area contributed by atoms with E-state index in [0.717, 1.165) is 55.0 Å². The number of benzene rings is 1. The summed E-state index contributed by atoms with van der Waals surface area (Å²) in [6.45, 7) is 6.09. The number of aromatic nitrogens is 1. The number of piperidine rings is 1. The van der Waals surface area contributed by atoms with Gasteiger partial charge in [0.25, 0.3) is 0 Å². The van der Waals surface area contributed by atoms with Crippen LogP contribution in [0, 0.1) is 5.92 Å². The van der Waals surface area contributed by atoms with Crippen LogP contribution in [0.1, 0.15) is 90.5 Å². The van der Waals surface area contributed by atoms with Gasteiger partial charge in [0.1, 0.15) is 31.3 Å². The topological polar surface area (TPSA) is 142 Å². The summed E-state index contributed by atoms with van der Waals surface area (Å²) in [6, 6.07) is 4.31. The highest BCUT2D eigenvalue weighted by atomic mass is 16.6. The first kappa shape index (κ1) is 34.3. The molecule has 2 fully saturated rings. The molecule has 2 aliphatic heterocycles. The Kier molecular flexibility index (Phi) is 12.3. The van der Waals surface area contributed by atoms with Crippen molar-refractivity contribution in [3.63, 3.8) is 0 Å². The molecular weight excluding hydrogens is 574 g/mol. The summed E-state index contributed by atoms with van der Waals surface area (Å²) in [6.07, 6.45) is 8.83. The number of carbonyl (C=O) groups is 4. The number of nitrogens with zero attached hydrogens (tertiary/aromatic N) is 2. The number of aliphatic hydroxyl groups excluding tert-OH is 1. The number of amides is 4. The molecule has 0 bridgehead atoms. The largest absolute Gasteiger partial charge is 0.417 e. The predicted molar refractivity (Wildman–Crippen MR) is 172 cm³/mol. The molecule has 11 heteroatoms. The molecule has 45 heavy (non-hydrogen) atoms. The van der Waals surface area contributed by atoms with E-state index in [1.54, 1.807) is 23.7 Å². The third-order valence-electron chi connectivity index (χ3n) is 9.38. The van der Waals surface area contributed by atoms with Crippen molar-refractivity contribution in [3.05, 3.63) is 36.0 Å². The molecular formula is C34H51N5O6. The Hall–Kier alpha value is -3.60. The Balaban J connectivity index is 1.65. The van der Waals surface area contributed by atoms with Crippen LogP contribution in [0.25, 0.3) is 10.9 Å². The maximum atomic E-state index is 14.0. The van der Waals surface area contributed by atoms with Gasteiger partial charge in [-0.2, -0.15) is 4.73 Å². The standard InChI is InChI=1S/C34H51N5O6/c1-5-22(2)30-34(44)38-19-13-12-18-29(38)33(43)35-26(16-9-7-6-8-14-23(3)40)31(41)36-27(32(42)37-30)20-24-21-39(45-4)28-17-11-10-15-25(24)28/h10-11,15,17,21-23,26-27,29-30,40H,5-9,12-14,16,18-20H2,1-4H3,(H,35,43)(H,36,41)(H,37,42)/t22-,23?,26-,27-,29+,30-/m0/s1. The molecule has 3 heterocycles. The zero-order chi connectivity index (χ0) is 32.5. The first-order valence-corrected chi connectivity index (χ1v) is 16.7. The Morgan fingerprint density at radius 2 is 1.64 bits per heavy atom. The zero-order valence-electron chi connectivity index (χ0n) is 27.2. The minimum atomic E-state index is -0.991. The van der Waals surface area contributed by atoms with Crippen molar-refractivity contribution in [2.45, 2.75) is 122 Å². The van der Waals surface area contributed by atoms with Gasteiger partial charge in [-0.05, 0) is 56.6 Å². The fourth-order valence-electron chi connectivity index (χ4n) is 6.50. The van der Waals surface area contributed by atoms with Crippen molar-refractivity contribution in [1.29, 1.82) is 0 Å². The lowest BCUT2D eigenvalue weighted by Crippen LogP contribution is -2.64. The van der Waals surface area contributed by atoms with Gasteiger partial charge in [-0.3, -0.25) is 19.2 Å². The number of carbonyl (C=O) groups excluding carboxylic acids is 4. The molecule has 6 atom stereocenters. The summed E-state index contributed by atoms with van der Waals surface area (Å²) in [4.78, 5) is 62.8. The highest BCUT2D eigenvalue weighted by Crippen LogP contribution is 2.24. The quantitative estimate of drug-likeness (QED) is 0.267. The summed E-state index contributed by atoms with van der Waals surface area (Å²) < 4.78 is 1.63. The second-order valence-corrected chi connectivity index (χ2v) is 12.8. The first-order valence-electron chi connectivity index (χ1n) is 16.7. The van der Waals surface area contributed by atoms with Gasteiger partial charge in [0.05, 0.1) is 11.6 Å². The van der Waals surface area contributed by atoms with Crippen LogP contribution in [0.3, 0.4) is 0 Å². The second-order valence-electron chi connectivity index (χ2n) is 12.8. The normalized spacial score (nSPS) is 24.5. The maximum absolute atomic E-state index is 14.0. The minimum Gasteiger partial charge on any atom is -0.417 e. The Morgan fingerprint density at radius 3 is 2.38 bits per heavy atom. The average molecular weight is 626 g/mol. The van der Waals surface area contributed by atoms with E-state index in [-0.39, 0.29) is 30.3 Å². The van der Waals surface area contributed by atoms with Crippen LogP contribution in [0.5, 0.6) is 0 Å². The van der Waals surface area contributed by atoms with Gasteiger partial charge < -0.3 is 30.8 Å². The molecule has 2 saturated heterocycles. The van der Waals surface area contributed by atoms with Crippen molar-refractivity contribution in [3.8, 4) is 0 Å². The van der Waals surface area contributed by atoms with Gasteiger partial charge in [-0.15, -0.1) is 0 Å². The van der Waals surface area contributed by atoms with E-state index in [4.69, 9.17) is 4.84 Å². The molecule has 4 N–H and O–H groups in total. The van der Waals surface area contributed by atoms with Crippen LogP contribution in [0.15, 0.2) is 30.5 Å². The smallest absolute Gasteiger partial charge is 0.246 e. The number of hydrogen-bond donors (Lipinski definition) is 4. The number of aliphatic hydroxyl groups is 1. The molecule has 2 aliphatic rings. The molecule has 4 amide bonds. The number of para-hydroxylation sites is 1. The Labute approximate surface area is 266 Å². The third kappa shape index (κ3) is 8.56. The van der Waals surface area contributed by atoms with Crippen LogP contribution >= 0.6 is 0 Å². The van der Waals surface area contributed by atoms with E-state index >= 15 is 0 Å². The first-order chi connectivity index (χ1) is 21.6. The van der Waals surface area contributed by atoms with E-state index in [2.05, 4.69) is 16.0 Å². The summed E-state index contributed by atoms with van der Waals surface area (Å²) in [5.41, 5.74) is 1.64. The van der Waals surface area contributed by atoms with Crippen LogP contribution in [0.4, 0.5) is 0 Å². The van der Waals surface area contributed by atoms with Crippen molar-refractivity contribution >= 4 is 34.5 Å². The lowest BCUT2D eigenvalue weighted by molar-refractivity contribution is -0.147. The minimum absolute atomic E-state index is 0.169. The SMILES string of the molecule is CC[C@H](C)[C@@H]1NC(=O)[C@H](Cc2cn(OC)c3ccccc23)NC(=O)[C@H](CCCCCCC(C)O)NC(=O)[C@H]2CCCCN2C1=O. The summed E-state index contributed by atoms with van der Waals surface area (Å²) in [5, 5.41) is 19.4. The number of hydrogen-bond acceptors (Lipinski definition) is 6. The monoisotopic (exact) mass is 625 g/mol. The highest BCUT2D eigenvalue weighted by molar-refractivity contribution is 5.98. The van der Waals surface area contributed by atoms with E-state index in [9.17, 15) is 24.3 Å². The number of unbranched alkanes of at least 4 members (excludes halogenated alkanes) is 3. The van der Waals surface area contributed by atoms with Crippen molar-refractivity contribution in [2.75, 3.05) is 13.7 Å². The number of nitrogens with one attached hydrogen (secondary N) is 3. The molecule has 0 radical (unpaired) electrons. The van der Waals surface area contributed by atoms with Gasteiger partial charge in [0, 0.05) is 24.5 Å². The summed E-state index contributed by atoms with van der Waals surface area (Å²) in [5.74, 6) is -1.62. The van der Waals surface area contributed by atoms with Crippen LogP contribution in [-0.2, 0) is 25.6 Å². The molecule has 1 aromatic heterocycles. The number of rotatable bonds is 12. The second kappa shape index (κ2) is 16.1. The van der Waals surface area contributed by atoms with E-state index in [1.165, 1.54) is 0 Å². The zero-order valence-corrected chi connectivity index (χ0v) is 27.2. The maximum Gasteiger partial charge on any atom is 0.246 e. The molecule has 0 spiro atoms. The average Bonchev–Trinajstić information content (AvgIpc) is 3.40. The Bertz CT molecular complexity index is 1330.